The average molecular weight is 444 g/mol. The first-order valence-corrected chi connectivity index (χ1v) is 11.3. The molecule has 2 aromatic heterocycles. The van der Waals surface area contributed by atoms with E-state index >= 15 is 0 Å². The highest BCUT2D eigenvalue weighted by molar-refractivity contribution is 7.99. The smallest absolute Gasteiger partial charge is 0.196 e. The van der Waals surface area contributed by atoms with Crippen LogP contribution in [0.5, 0.6) is 0 Å². The van der Waals surface area contributed by atoms with E-state index in [9.17, 15) is 15.3 Å². The van der Waals surface area contributed by atoms with E-state index in [-0.39, 0.29) is 6.61 Å². The van der Waals surface area contributed by atoms with Gasteiger partial charge in [-0.1, -0.05) is 31.0 Å². The third-order valence-corrected chi connectivity index (χ3v) is 6.71. The van der Waals surface area contributed by atoms with Crippen molar-refractivity contribution in [2.45, 2.75) is 66.3 Å². The first-order chi connectivity index (χ1) is 15.1. The Kier molecular flexibility index (Phi) is 5.81. The van der Waals surface area contributed by atoms with Gasteiger partial charge in [0.25, 0.3) is 0 Å². The van der Waals surface area contributed by atoms with Crippen molar-refractivity contribution in [2.24, 2.45) is 0 Å². The summed E-state index contributed by atoms with van der Waals surface area (Å²) in [6, 6.07) is 10.2. The van der Waals surface area contributed by atoms with Crippen LogP contribution in [-0.4, -0.2) is 65.8 Å². The molecule has 10 heteroatoms. The molecular formula is C21H25N5O4S. The number of nitrogens with zero attached hydrogens (tertiary/aromatic N) is 4. The Hall–Kier alpha value is -2.24. The summed E-state index contributed by atoms with van der Waals surface area (Å²) in [6.45, 7) is -0.389. The van der Waals surface area contributed by atoms with Crippen LogP contribution < -0.4 is 5.32 Å². The number of aromatic nitrogens is 4. The SMILES string of the molecule is OCC1OC(n2cnc3c(NC4CCCC4)nc(Sc4ccccc4)nc32)C(O)C1O. The van der Waals surface area contributed by atoms with E-state index < -0.39 is 24.5 Å². The summed E-state index contributed by atoms with van der Waals surface area (Å²) in [4.78, 5) is 14.9. The lowest BCUT2D eigenvalue weighted by Gasteiger charge is -2.18. The van der Waals surface area contributed by atoms with Crippen LogP contribution >= 0.6 is 11.8 Å². The third kappa shape index (κ3) is 4.01. The first-order valence-electron chi connectivity index (χ1n) is 10.5. The third-order valence-electron chi connectivity index (χ3n) is 5.84. The van der Waals surface area contributed by atoms with Gasteiger partial charge in [-0.2, -0.15) is 0 Å². The van der Waals surface area contributed by atoms with Gasteiger partial charge in [-0.3, -0.25) is 4.57 Å². The standard InChI is InChI=1S/C21H25N5O4S/c27-10-14-16(28)17(29)20(30-14)26-11-22-15-18(23-12-6-4-5-7-12)24-21(25-19(15)26)31-13-8-2-1-3-9-13/h1-3,8-9,11-12,14,16-17,20,27-29H,4-7,10H2,(H,23,24,25). The van der Waals surface area contributed by atoms with Crippen LogP contribution in [0.25, 0.3) is 11.2 Å². The van der Waals surface area contributed by atoms with E-state index in [2.05, 4.69) is 10.3 Å². The van der Waals surface area contributed by atoms with Gasteiger partial charge >= 0.3 is 0 Å². The van der Waals surface area contributed by atoms with Crippen LogP contribution in [-0.2, 0) is 4.74 Å². The maximum atomic E-state index is 10.5. The van der Waals surface area contributed by atoms with Crippen LogP contribution in [0.2, 0.25) is 0 Å². The molecule has 2 aliphatic rings. The molecule has 4 unspecified atom stereocenters. The van der Waals surface area contributed by atoms with Crippen LogP contribution in [0.4, 0.5) is 5.82 Å². The molecule has 3 heterocycles. The second kappa shape index (κ2) is 8.71. The molecule has 3 aromatic rings. The van der Waals surface area contributed by atoms with Gasteiger partial charge < -0.3 is 25.4 Å². The molecule has 164 valence electrons. The predicted molar refractivity (Wildman–Crippen MR) is 115 cm³/mol. The lowest BCUT2D eigenvalue weighted by molar-refractivity contribution is -0.0511. The Balaban J connectivity index is 1.55. The Morgan fingerprint density at radius 2 is 1.87 bits per heavy atom. The van der Waals surface area contributed by atoms with Gasteiger partial charge in [0.1, 0.15) is 18.3 Å². The maximum absolute atomic E-state index is 10.5. The Labute approximate surface area is 183 Å². The molecule has 1 aliphatic carbocycles. The van der Waals surface area contributed by atoms with Crippen LogP contribution in [0.3, 0.4) is 0 Å². The van der Waals surface area contributed by atoms with Crippen molar-refractivity contribution in [3.8, 4) is 0 Å². The fraction of sp³-hybridized carbons (Fsp3) is 0.476. The normalized spacial score (nSPS) is 26.7. The minimum absolute atomic E-state index is 0.340. The highest BCUT2D eigenvalue weighted by Gasteiger charge is 2.44. The molecule has 1 aliphatic heterocycles. The van der Waals surface area contributed by atoms with E-state index in [0.717, 1.165) is 17.7 Å². The molecule has 9 nitrogen and oxygen atoms in total. The number of imidazole rings is 1. The molecule has 2 fully saturated rings. The predicted octanol–water partition coefficient (Wildman–Crippen LogP) is 1.94. The maximum Gasteiger partial charge on any atom is 0.196 e. The second-order valence-electron chi connectivity index (χ2n) is 7.95. The van der Waals surface area contributed by atoms with Crippen LogP contribution in [0.15, 0.2) is 46.7 Å². The summed E-state index contributed by atoms with van der Waals surface area (Å²) >= 11 is 1.44. The summed E-state index contributed by atoms with van der Waals surface area (Å²) < 4.78 is 7.31. The molecule has 4 atom stereocenters. The van der Waals surface area contributed by atoms with Crippen molar-refractivity contribution in [3.63, 3.8) is 0 Å². The van der Waals surface area contributed by atoms with E-state index in [1.807, 2.05) is 30.3 Å². The fourth-order valence-corrected chi connectivity index (χ4v) is 4.97. The van der Waals surface area contributed by atoms with Gasteiger partial charge in [0.15, 0.2) is 28.4 Å². The topological polar surface area (TPSA) is 126 Å². The van der Waals surface area contributed by atoms with Gasteiger partial charge in [0.05, 0.1) is 12.9 Å². The monoisotopic (exact) mass is 443 g/mol. The number of ether oxygens (including phenoxy) is 1. The van der Waals surface area contributed by atoms with E-state index in [4.69, 9.17) is 14.7 Å². The molecule has 5 rings (SSSR count). The number of hydrogen-bond acceptors (Lipinski definition) is 9. The zero-order valence-electron chi connectivity index (χ0n) is 16.8. The number of hydrogen-bond donors (Lipinski definition) is 4. The molecule has 0 bridgehead atoms. The number of benzene rings is 1. The summed E-state index contributed by atoms with van der Waals surface area (Å²) in [6.07, 6.45) is 1.92. The van der Waals surface area contributed by atoms with Crippen molar-refractivity contribution >= 4 is 28.7 Å². The largest absolute Gasteiger partial charge is 0.394 e. The molecule has 4 N–H and O–H groups in total. The first kappa shape index (κ1) is 20.7. The van der Waals surface area contributed by atoms with E-state index in [1.165, 1.54) is 30.9 Å². The number of anilines is 1. The summed E-state index contributed by atoms with van der Waals surface area (Å²) in [7, 11) is 0. The minimum Gasteiger partial charge on any atom is -0.394 e. The van der Waals surface area contributed by atoms with Gasteiger partial charge in [0.2, 0.25) is 0 Å². The molecule has 1 aromatic carbocycles. The molecule has 0 amide bonds. The second-order valence-corrected chi connectivity index (χ2v) is 8.99. The Bertz CT molecular complexity index is 1040. The van der Waals surface area contributed by atoms with Gasteiger partial charge in [-0.25, -0.2) is 15.0 Å². The van der Waals surface area contributed by atoms with Crippen LogP contribution in [0, 0.1) is 0 Å². The summed E-state index contributed by atoms with van der Waals surface area (Å²) in [5.74, 6) is 0.654. The molecule has 1 saturated carbocycles. The van der Waals surface area contributed by atoms with Crippen molar-refractivity contribution in [2.75, 3.05) is 11.9 Å². The van der Waals surface area contributed by atoms with Gasteiger partial charge in [0, 0.05) is 10.9 Å². The van der Waals surface area contributed by atoms with Crippen molar-refractivity contribution in [3.05, 3.63) is 36.7 Å². The summed E-state index contributed by atoms with van der Waals surface area (Å²) in [5, 5.41) is 34.2. The van der Waals surface area contributed by atoms with Crippen LogP contribution in [0.1, 0.15) is 31.9 Å². The lowest BCUT2D eigenvalue weighted by atomic mass is 10.1. The quantitative estimate of drug-likeness (QED) is 0.423. The Morgan fingerprint density at radius 3 is 2.58 bits per heavy atom. The molecule has 1 saturated heterocycles. The number of nitrogens with one attached hydrogen (secondary N) is 1. The zero-order chi connectivity index (χ0) is 21.4. The fourth-order valence-electron chi connectivity index (χ4n) is 4.20. The van der Waals surface area contributed by atoms with E-state index in [0.29, 0.717) is 28.2 Å². The number of rotatable bonds is 6. The zero-order valence-corrected chi connectivity index (χ0v) is 17.6. The van der Waals surface area contributed by atoms with Gasteiger partial charge in [-0.05, 0) is 36.7 Å². The lowest BCUT2D eigenvalue weighted by Crippen LogP contribution is -2.33. The molecule has 31 heavy (non-hydrogen) atoms. The highest BCUT2D eigenvalue weighted by atomic mass is 32.2. The highest BCUT2D eigenvalue weighted by Crippen LogP contribution is 2.35. The number of aliphatic hydroxyl groups is 3. The summed E-state index contributed by atoms with van der Waals surface area (Å²) in [5.41, 5.74) is 1.09. The Morgan fingerprint density at radius 1 is 1.10 bits per heavy atom. The minimum atomic E-state index is -1.21. The van der Waals surface area contributed by atoms with Crippen molar-refractivity contribution in [1.29, 1.82) is 0 Å². The van der Waals surface area contributed by atoms with Crippen molar-refractivity contribution < 1.29 is 20.1 Å². The molecular weight excluding hydrogens is 418 g/mol. The van der Waals surface area contributed by atoms with Crippen molar-refractivity contribution in [1.82, 2.24) is 19.5 Å². The molecule has 0 radical (unpaired) electrons. The number of fused-ring (bicyclic) bond motifs is 1. The average Bonchev–Trinajstić information content (AvgIpc) is 3.50. The number of aliphatic hydroxyl groups excluding tert-OH is 3. The van der Waals surface area contributed by atoms with E-state index in [1.54, 1.807) is 4.57 Å². The molecule has 0 spiro atoms. The van der Waals surface area contributed by atoms with Gasteiger partial charge in [-0.15, -0.1) is 0 Å².